The van der Waals surface area contributed by atoms with E-state index in [0.717, 1.165) is 5.56 Å². The molecule has 1 amide bonds. The highest BCUT2D eigenvalue weighted by Gasteiger charge is 2.08. The molecule has 0 aromatic heterocycles. The van der Waals surface area contributed by atoms with E-state index < -0.39 is 5.97 Å². The molecule has 21 heavy (non-hydrogen) atoms. The minimum absolute atomic E-state index is 0.0560. The zero-order chi connectivity index (χ0) is 15.2. The van der Waals surface area contributed by atoms with Crippen LogP contribution in [0.1, 0.15) is 29.3 Å². The molecular formula is C17H17NO3. The second-order valence-electron chi connectivity index (χ2n) is 4.69. The van der Waals surface area contributed by atoms with Crippen LogP contribution in [-0.2, 0) is 4.79 Å². The molecule has 2 aromatic carbocycles. The molecule has 4 heteroatoms. The number of ether oxygens (including phenoxy) is 1. The van der Waals surface area contributed by atoms with Crippen LogP contribution in [0.25, 0.3) is 0 Å². The van der Waals surface area contributed by atoms with Gasteiger partial charge in [-0.15, -0.1) is 0 Å². The van der Waals surface area contributed by atoms with Crippen molar-refractivity contribution in [2.45, 2.75) is 20.3 Å². The second kappa shape index (κ2) is 6.70. The van der Waals surface area contributed by atoms with Gasteiger partial charge in [0, 0.05) is 12.1 Å². The normalized spacial score (nSPS) is 10.0. The van der Waals surface area contributed by atoms with Gasteiger partial charge in [-0.2, -0.15) is 0 Å². The van der Waals surface area contributed by atoms with Crippen LogP contribution in [0.3, 0.4) is 0 Å². The number of amides is 1. The van der Waals surface area contributed by atoms with Crippen molar-refractivity contribution in [3.05, 3.63) is 59.7 Å². The van der Waals surface area contributed by atoms with E-state index in [1.165, 1.54) is 0 Å². The van der Waals surface area contributed by atoms with E-state index in [1.54, 1.807) is 43.3 Å². The van der Waals surface area contributed by atoms with Crippen LogP contribution in [0.4, 0.5) is 5.69 Å². The van der Waals surface area contributed by atoms with E-state index in [9.17, 15) is 9.59 Å². The third-order valence-corrected chi connectivity index (χ3v) is 2.92. The summed E-state index contributed by atoms with van der Waals surface area (Å²) in [5.41, 5.74) is 2.19. The number of hydrogen-bond donors (Lipinski definition) is 1. The average Bonchev–Trinajstić information content (AvgIpc) is 2.49. The Kier molecular flexibility index (Phi) is 4.72. The summed E-state index contributed by atoms with van der Waals surface area (Å²) in [4.78, 5) is 23.2. The van der Waals surface area contributed by atoms with E-state index in [1.807, 2.05) is 19.1 Å². The van der Waals surface area contributed by atoms with E-state index in [2.05, 4.69) is 5.32 Å². The SMILES string of the molecule is CCC(=O)Nc1ccc(OC(=O)c2cccc(C)c2)cc1. The predicted octanol–water partition coefficient (Wildman–Crippen LogP) is 3.56. The molecule has 0 radical (unpaired) electrons. The Morgan fingerprint density at radius 2 is 1.81 bits per heavy atom. The van der Waals surface area contributed by atoms with Crippen molar-refractivity contribution < 1.29 is 14.3 Å². The first kappa shape index (κ1) is 14.8. The Bertz CT molecular complexity index is 647. The first-order chi connectivity index (χ1) is 10.1. The van der Waals surface area contributed by atoms with Crippen molar-refractivity contribution in [3.8, 4) is 5.75 Å². The monoisotopic (exact) mass is 283 g/mol. The number of carbonyl (C=O) groups is 2. The van der Waals surface area contributed by atoms with E-state index in [0.29, 0.717) is 23.4 Å². The Morgan fingerprint density at radius 1 is 1.10 bits per heavy atom. The quantitative estimate of drug-likeness (QED) is 0.689. The van der Waals surface area contributed by atoms with Crippen LogP contribution in [0.15, 0.2) is 48.5 Å². The van der Waals surface area contributed by atoms with Gasteiger partial charge in [0.15, 0.2) is 0 Å². The molecule has 0 heterocycles. The average molecular weight is 283 g/mol. The van der Waals surface area contributed by atoms with E-state index in [-0.39, 0.29) is 5.91 Å². The lowest BCUT2D eigenvalue weighted by atomic mass is 10.1. The Labute approximate surface area is 123 Å². The molecule has 0 fully saturated rings. The number of esters is 1. The minimum Gasteiger partial charge on any atom is -0.423 e. The van der Waals surface area contributed by atoms with Crippen LogP contribution >= 0.6 is 0 Å². The molecule has 0 aliphatic rings. The Hall–Kier alpha value is -2.62. The summed E-state index contributed by atoms with van der Waals surface area (Å²) in [7, 11) is 0. The maximum Gasteiger partial charge on any atom is 0.343 e. The van der Waals surface area contributed by atoms with Crippen LogP contribution in [0.5, 0.6) is 5.75 Å². The lowest BCUT2D eigenvalue weighted by Crippen LogP contribution is -2.10. The maximum atomic E-state index is 12.0. The van der Waals surface area contributed by atoms with Crippen molar-refractivity contribution in [1.82, 2.24) is 0 Å². The first-order valence-corrected chi connectivity index (χ1v) is 6.77. The summed E-state index contributed by atoms with van der Waals surface area (Å²) in [6.45, 7) is 3.70. The van der Waals surface area contributed by atoms with Crippen molar-refractivity contribution in [2.24, 2.45) is 0 Å². The van der Waals surface area contributed by atoms with Gasteiger partial charge in [-0.25, -0.2) is 4.79 Å². The second-order valence-corrected chi connectivity index (χ2v) is 4.69. The molecule has 0 bridgehead atoms. The third kappa shape index (κ3) is 4.18. The number of nitrogens with one attached hydrogen (secondary N) is 1. The van der Waals surface area contributed by atoms with Gasteiger partial charge in [0.2, 0.25) is 5.91 Å². The van der Waals surface area contributed by atoms with Crippen molar-refractivity contribution >= 4 is 17.6 Å². The summed E-state index contributed by atoms with van der Waals surface area (Å²) in [5.74, 6) is -0.0143. The zero-order valence-corrected chi connectivity index (χ0v) is 12.1. The molecule has 0 saturated heterocycles. The molecular weight excluding hydrogens is 266 g/mol. The summed E-state index contributed by atoms with van der Waals surface area (Å²) in [6, 6.07) is 13.9. The maximum absolute atomic E-state index is 12.0. The lowest BCUT2D eigenvalue weighted by molar-refractivity contribution is -0.115. The van der Waals surface area contributed by atoms with Crippen molar-refractivity contribution in [2.75, 3.05) is 5.32 Å². The number of rotatable bonds is 4. The van der Waals surface area contributed by atoms with Gasteiger partial charge in [0.05, 0.1) is 5.56 Å². The highest BCUT2D eigenvalue weighted by atomic mass is 16.5. The van der Waals surface area contributed by atoms with Crippen LogP contribution < -0.4 is 10.1 Å². The molecule has 1 N–H and O–H groups in total. The summed E-state index contributed by atoms with van der Waals surface area (Å²) in [5, 5.41) is 2.73. The Morgan fingerprint density at radius 3 is 2.43 bits per heavy atom. The first-order valence-electron chi connectivity index (χ1n) is 6.77. The molecule has 2 aromatic rings. The molecule has 108 valence electrons. The number of hydrogen-bond acceptors (Lipinski definition) is 3. The fraction of sp³-hybridized carbons (Fsp3) is 0.176. The minimum atomic E-state index is -0.399. The summed E-state index contributed by atoms with van der Waals surface area (Å²) in [6.07, 6.45) is 0.421. The molecule has 2 rings (SSSR count). The molecule has 0 aliphatic heterocycles. The predicted molar refractivity (Wildman–Crippen MR) is 81.5 cm³/mol. The van der Waals surface area contributed by atoms with Crippen LogP contribution in [0, 0.1) is 6.92 Å². The number of benzene rings is 2. The summed E-state index contributed by atoms with van der Waals surface area (Å²) >= 11 is 0. The largest absolute Gasteiger partial charge is 0.423 e. The summed E-state index contributed by atoms with van der Waals surface area (Å²) < 4.78 is 5.29. The fourth-order valence-electron chi connectivity index (χ4n) is 1.79. The number of carbonyl (C=O) groups excluding carboxylic acids is 2. The highest BCUT2D eigenvalue weighted by molar-refractivity contribution is 5.92. The van der Waals surface area contributed by atoms with Gasteiger partial charge in [0.1, 0.15) is 5.75 Å². The molecule has 0 saturated carbocycles. The smallest absolute Gasteiger partial charge is 0.343 e. The molecule has 0 aliphatic carbocycles. The Balaban J connectivity index is 2.03. The van der Waals surface area contributed by atoms with E-state index in [4.69, 9.17) is 4.74 Å². The van der Waals surface area contributed by atoms with Gasteiger partial charge in [-0.1, -0.05) is 24.6 Å². The molecule has 0 spiro atoms. The van der Waals surface area contributed by atoms with Crippen LogP contribution in [0.2, 0.25) is 0 Å². The van der Waals surface area contributed by atoms with E-state index >= 15 is 0 Å². The fourth-order valence-corrected chi connectivity index (χ4v) is 1.79. The lowest BCUT2D eigenvalue weighted by Gasteiger charge is -2.07. The van der Waals surface area contributed by atoms with Gasteiger partial charge in [-0.05, 0) is 43.3 Å². The standard InChI is InChI=1S/C17H17NO3/c1-3-16(19)18-14-7-9-15(10-8-14)21-17(20)13-6-4-5-12(2)11-13/h4-11H,3H2,1-2H3,(H,18,19). The third-order valence-electron chi connectivity index (χ3n) is 2.92. The van der Waals surface area contributed by atoms with Crippen molar-refractivity contribution in [1.29, 1.82) is 0 Å². The molecule has 0 atom stereocenters. The number of aryl methyl sites for hydroxylation is 1. The van der Waals surface area contributed by atoms with Gasteiger partial charge >= 0.3 is 5.97 Å². The van der Waals surface area contributed by atoms with Gasteiger partial charge < -0.3 is 10.1 Å². The molecule has 0 unspecified atom stereocenters. The molecule has 4 nitrogen and oxygen atoms in total. The highest BCUT2D eigenvalue weighted by Crippen LogP contribution is 2.17. The van der Waals surface area contributed by atoms with Crippen LogP contribution in [-0.4, -0.2) is 11.9 Å². The van der Waals surface area contributed by atoms with Gasteiger partial charge in [0.25, 0.3) is 0 Å². The van der Waals surface area contributed by atoms with Gasteiger partial charge in [-0.3, -0.25) is 4.79 Å². The number of anilines is 1. The zero-order valence-electron chi connectivity index (χ0n) is 12.1. The van der Waals surface area contributed by atoms with Crippen molar-refractivity contribution in [3.63, 3.8) is 0 Å². The topological polar surface area (TPSA) is 55.4 Å².